The van der Waals surface area contributed by atoms with Crippen LogP contribution in [0.1, 0.15) is 88.2 Å². The van der Waals surface area contributed by atoms with Gasteiger partial charge in [-0.3, -0.25) is 14.4 Å². The van der Waals surface area contributed by atoms with Crippen LogP contribution in [0.5, 0.6) is 5.75 Å². The number of carbonyl (C=O) groups excluding carboxylic acids is 2. The molecule has 4 aliphatic heterocycles. The van der Waals surface area contributed by atoms with E-state index in [0.29, 0.717) is 37.6 Å². The topological polar surface area (TPSA) is 101 Å². The zero-order chi connectivity index (χ0) is 40.5. The molecule has 310 valence electrons. The maximum absolute atomic E-state index is 14.1. The standard InChI is InChI=1S/C45H61ClN4O6S/c1-30-10-8-19-45(54-6,28-48-23-43(24-48)25-50(26-43)41(52)56-42(3,4)5)37-15-12-34(37)22-49-27-44(18-9-11-32-20-35(46)14-16-36(32)44)29-55-39-17-13-33(21-38(39)49)40(51)47-57(7,53)31(30)2/h8,13-14,16-17,19-21,30-31,34,37H,7,9-12,15,18,22-29H2,1-6H3,(H,47,51,53)/b19-8+/t30-,31+,34-,37+,44-,45+,57?/m0/s1. The molecule has 2 aromatic carbocycles. The second kappa shape index (κ2) is 14.8. The predicted octanol–water partition coefficient (Wildman–Crippen LogP) is 7.12. The quantitative estimate of drug-likeness (QED) is 0.258. The molecule has 2 saturated heterocycles. The normalized spacial score (nSPS) is 34.3. The number of rotatable bonds is 3. The van der Waals surface area contributed by atoms with Crippen molar-refractivity contribution in [2.24, 2.45) is 23.2 Å². The van der Waals surface area contributed by atoms with Crippen molar-refractivity contribution in [2.75, 3.05) is 64.4 Å². The number of hydrogen-bond donors (Lipinski definition) is 1. The molecule has 12 heteroatoms. The molecule has 6 aliphatic rings. The van der Waals surface area contributed by atoms with Gasteiger partial charge in [0.2, 0.25) is 0 Å². The lowest BCUT2D eigenvalue weighted by molar-refractivity contribution is -0.152. The van der Waals surface area contributed by atoms with Gasteiger partial charge in [-0.25, -0.2) is 9.00 Å². The van der Waals surface area contributed by atoms with Crippen LogP contribution in [-0.4, -0.2) is 108 Å². The summed E-state index contributed by atoms with van der Waals surface area (Å²) in [6, 6.07) is 11.9. The molecule has 2 amide bonds. The summed E-state index contributed by atoms with van der Waals surface area (Å²) in [5.41, 5.74) is 2.69. The van der Waals surface area contributed by atoms with Crippen LogP contribution in [0.4, 0.5) is 10.5 Å². The SMILES string of the molecule is C=S1(=O)NC(=O)c2ccc3c(c2)N(C[C@@H]2CC[C@H]2[C@@](CN2CC4(C2)CN(C(=O)OC(C)(C)C)C4)(OC)/C=C/C[C@H](C)[C@H]1C)C[C@@]1(CCCc2cc(Cl)ccc21)CO3. The van der Waals surface area contributed by atoms with Crippen LogP contribution < -0.4 is 14.4 Å². The van der Waals surface area contributed by atoms with Gasteiger partial charge in [0, 0.05) is 79.6 Å². The first-order chi connectivity index (χ1) is 26.9. The van der Waals surface area contributed by atoms with Crippen molar-refractivity contribution in [2.45, 2.75) is 95.0 Å². The molecule has 2 spiro atoms. The Kier molecular flexibility index (Phi) is 10.5. The number of carbonyl (C=O) groups is 2. The predicted molar refractivity (Wildman–Crippen MR) is 228 cm³/mol. The molecule has 1 N–H and O–H groups in total. The summed E-state index contributed by atoms with van der Waals surface area (Å²) in [4.78, 5) is 33.4. The second-order valence-electron chi connectivity index (χ2n) is 19.3. The van der Waals surface area contributed by atoms with Crippen molar-refractivity contribution in [1.82, 2.24) is 14.5 Å². The van der Waals surface area contributed by atoms with Gasteiger partial charge in [-0.15, -0.1) is 0 Å². The number of methoxy groups -OCH3 is 1. The van der Waals surface area contributed by atoms with E-state index in [1.165, 1.54) is 11.1 Å². The fourth-order valence-electron chi connectivity index (χ4n) is 10.7. The van der Waals surface area contributed by atoms with Gasteiger partial charge in [0.25, 0.3) is 5.91 Å². The molecule has 4 heterocycles. The molecule has 7 atom stereocenters. The highest BCUT2D eigenvalue weighted by molar-refractivity contribution is 7.99. The average Bonchev–Trinajstić information content (AvgIpc) is 3.25. The van der Waals surface area contributed by atoms with Crippen LogP contribution in [0.15, 0.2) is 48.6 Å². The van der Waals surface area contributed by atoms with Crippen molar-refractivity contribution in [3.63, 3.8) is 0 Å². The molecule has 0 aromatic heterocycles. The van der Waals surface area contributed by atoms with Crippen LogP contribution in [0.2, 0.25) is 5.02 Å². The number of fused-ring (bicyclic) bond motifs is 4. The molecule has 8 rings (SSSR count). The van der Waals surface area contributed by atoms with Crippen molar-refractivity contribution in [3.8, 4) is 5.75 Å². The highest BCUT2D eigenvalue weighted by atomic mass is 35.5. The first-order valence-electron chi connectivity index (χ1n) is 20.8. The van der Waals surface area contributed by atoms with E-state index in [9.17, 15) is 13.8 Å². The van der Waals surface area contributed by atoms with Gasteiger partial charge < -0.3 is 24.0 Å². The Morgan fingerprint density at radius 2 is 1.86 bits per heavy atom. The number of allylic oxidation sites excluding steroid dienone is 1. The highest BCUT2D eigenvalue weighted by Gasteiger charge is 2.57. The van der Waals surface area contributed by atoms with E-state index in [-0.39, 0.29) is 39.9 Å². The van der Waals surface area contributed by atoms with Crippen molar-refractivity contribution < 1.29 is 28.0 Å². The Morgan fingerprint density at radius 3 is 2.56 bits per heavy atom. The molecule has 2 bridgehead atoms. The first kappa shape index (κ1) is 40.5. The molecule has 0 radical (unpaired) electrons. The smallest absolute Gasteiger partial charge is 0.410 e. The summed E-state index contributed by atoms with van der Waals surface area (Å²) in [5.74, 6) is 5.01. The Labute approximate surface area is 344 Å². The van der Waals surface area contributed by atoms with Gasteiger partial charge in [0.15, 0.2) is 0 Å². The molecular weight excluding hydrogens is 760 g/mol. The van der Waals surface area contributed by atoms with E-state index in [2.05, 4.69) is 51.6 Å². The van der Waals surface area contributed by atoms with E-state index in [0.717, 1.165) is 81.3 Å². The molecule has 1 unspecified atom stereocenters. The van der Waals surface area contributed by atoms with Crippen LogP contribution in [0.25, 0.3) is 0 Å². The largest absolute Gasteiger partial charge is 0.490 e. The number of halogens is 1. The Morgan fingerprint density at radius 1 is 1.09 bits per heavy atom. The summed E-state index contributed by atoms with van der Waals surface area (Å²) in [6.45, 7) is 15.8. The number of amides is 2. The lowest BCUT2D eigenvalue weighted by atomic mass is 9.63. The number of hydrogen-bond acceptors (Lipinski definition) is 8. The van der Waals surface area contributed by atoms with E-state index >= 15 is 0 Å². The summed E-state index contributed by atoms with van der Waals surface area (Å²) >= 11 is 6.53. The van der Waals surface area contributed by atoms with E-state index in [1.54, 1.807) is 6.07 Å². The number of benzene rings is 2. The minimum Gasteiger partial charge on any atom is -0.490 e. The summed E-state index contributed by atoms with van der Waals surface area (Å²) in [7, 11) is -1.14. The number of anilines is 1. The Hall–Kier alpha value is -3.25. The molecule has 2 aromatic rings. The van der Waals surface area contributed by atoms with Gasteiger partial charge in [-0.2, -0.15) is 0 Å². The number of aryl methyl sites for hydroxylation is 1. The molecule has 1 saturated carbocycles. The minimum absolute atomic E-state index is 0.00679. The summed E-state index contributed by atoms with van der Waals surface area (Å²) < 4.78 is 36.1. The monoisotopic (exact) mass is 820 g/mol. The van der Waals surface area contributed by atoms with Gasteiger partial charge in [0.1, 0.15) is 17.0 Å². The van der Waals surface area contributed by atoms with Crippen molar-refractivity contribution in [1.29, 1.82) is 0 Å². The van der Waals surface area contributed by atoms with Crippen LogP contribution in [0, 0.1) is 23.2 Å². The average molecular weight is 822 g/mol. The lowest BCUT2D eigenvalue weighted by Gasteiger charge is -2.62. The molecular formula is C45H61ClN4O6S. The zero-order valence-corrected chi connectivity index (χ0v) is 36.2. The highest BCUT2D eigenvalue weighted by Crippen LogP contribution is 2.50. The second-order valence-corrected chi connectivity index (χ2v) is 22.2. The molecule has 10 nitrogen and oxygen atoms in total. The van der Waals surface area contributed by atoms with Crippen molar-refractivity contribution >= 4 is 44.9 Å². The third-order valence-electron chi connectivity index (χ3n) is 14.0. The van der Waals surface area contributed by atoms with Crippen molar-refractivity contribution in [3.05, 3.63) is 70.3 Å². The summed E-state index contributed by atoms with van der Waals surface area (Å²) in [6.07, 6.45) is 10.1. The van der Waals surface area contributed by atoms with Crippen LogP contribution in [-0.2, 0) is 31.0 Å². The molecule has 3 fully saturated rings. The third kappa shape index (κ3) is 7.71. The van der Waals surface area contributed by atoms with Gasteiger partial charge >= 0.3 is 6.09 Å². The van der Waals surface area contributed by atoms with Gasteiger partial charge in [-0.05, 0) is 131 Å². The maximum Gasteiger partial charge on any atom is 0.410 e. The van der Waals surface area contributed by atoms with Crippen LogP contribution in [0.3, 0.4) is 0 Å². The Bertz CT molecular complexity index is 2040. The minimum atomic E-state index is -2.99. The maximum atomic E-state index is 14.1. The third-order valence-corrected chi connectivity index (χ3v) is 16.5. The number of ether oxygens (including phenoxy) is 3. The van der Waals surface area contributed by atoms with E-state index < -0.39 is 20.9 Å². The number of nitrogens with one attached hydrogen (secondary N) is 1. The Balaban J connectivity index is 1.12. The van der Waals surface area contributed by atoms with Gasteiger partial charge in [0.05, 0.1) is 22.0 Å². The van der Waals surface area contributed by atoms with E-state index in [4.69, 9.17) is 25.8 Å². The fraction of sp³-hybridized carbons (Fsp3) is 0.622. The number of nitrogens with zero attached hydrogens (tertiary/aromatic N) is 3. The fourth-order valence-corrected chi connectivity index (χ4v) is 12.4. The van der Waals surface area contributed by atoms with Crippen LogP contribution >= 0.6 is 11.6 Å². The lowest BCUT2D eigenvalue weighted by Crippen LogP contribution is -2.74. The number of likely N-dealkylation sites (tertiary alicyclic amines) is 2. The molecule has 57 heavy (non-hydrogen) atoms. The summed E-state index contributed by atoms with van der Waals surface area (Å²) in [5, 5.41) is 0.386. The van der Waals surface area contributed by atoms with Gasteiger partial charge in [-0.1, -0.05) is 36.7 Å². The zero-order valence-electron chi connectivity index (χ0n) is 34.6. The first-order valence-corrected chi connectivity index (χ1v) is 23.0. The molecule has 2 aliphatic carbocycles. The van der Waals surface area contributed by atoms with E-state index in [1.807, 2.05) is 57.9 Å².